The Bertz CT molecular complexity index is 415. The van der Waals surface area contributed by atoms with Gasteiger partial charge in [-0.3, -0.25) is 4.90 Å². The SMILES string of the molecule is CCCN1CCC2CC1c1ccc(OC)cc12. The van der Waals surface area contributed by atoms with Crippen LogP contribution in [0.15, 0.2) is 18.2 Å². The Hall–Kier alpha value is -1.02. The first-order valence-corrected chi connectivity index (χ1v) is 6.75. The van der Waals surface area contributed by atoms with Gasteiger partial charge in [0.05, 0.1) is 7.11 Å². The summed E-state index contributed by atoms with van der Waals surface area (Å²) in [4.78, 5) is 2.66. The van der Waals surface area contributed by atoms with E-state index >= 15 is 0 Å². The van der Waals surface area contributed by atoms with Gasteiger partial charge in [0, 0.05) is 6.04 Å². The molecule has 1 aliphatic heterocycles. The van der Waals surface area contributed by atoms with Gasteiger partial charge in [0.25, 0.3) is 0 Å². The predicted octanol–water partition coefficient (Wildman–Crippen LogP) is 3.34. The van der Waals surface area contributed by atoms with Gasteiger partial charge in [-0.15, -0.1) is 0 Å². The molecular weight excluding hydrogens is 210 g/mol. The van der Waals surface area contributed by atoms with Gasteiger partial charge in [0.1, 0.15) is 5.75 Å². The molecule has 1 aromatic rings. The quantitative estimate of drug-likeness (QED) is 0.791. The molecule has 92 valence electrons. The molecule has 1 aliphatic carbocycles. The van der Waals surface area contributed by atoms with Gasteiger partial charge in [-0.25, -0.2) is 0 Å². The Morgan fingerprint density at radius 2 is 2.24 bits per heavy atom. The van der Waals surface area contributed by atoms with Crippen LogP contribution in [0.3, 0.4) is 0 Å². The molecule has 3 rings (SSSR count). The smallest absolute Gasteiger partial charge is 0.119 e. The summed E-state index contributed by atoms with van der Waals surface area (Å²) in [5.74, 6) is 1.79. The van der Waals surface area contributed by atoms with E-state index in [0.29, 0.717) is 6.04 Å². The highest BCUT2D eigenvalue weighted by Crippen LogP contribution is 2.49. The summed E-state index contributed by atoms with van der Waals surface area (Å²) < 4.78 is 5.35. The molecule has 0 spiro atoms. The molecule has 2 aliphatic rings. The second-order valence-electron chi connectivity index (χ2n) is 5.27. The van der Waals surface area contributed by atoms with Crippen molar-refractivity contribution >= 4 is 0 Å². The Morgan fingerprint density at radius 3 is 3.00 bits per heavy atom. The van der Waals surface area contributed by atoms with E-state index in [4.69, 9.17) is 4.74 Å². The second kappa shape index (κ2) is 4.34. The van der Waals surface area contributed by atoms with Crippen molar-refractivity contribution in [1.82, 2.24) is 4.90 Å². The van der Waals surface area contributed by atoms with Crippen LogP contribution < -0.4 is 4.74 Å². The van der Waals surface area contributed by atoms with Gasteiger partial charge in [0.2, 0.25) is 0 Å². The zero-order chi connectivity index (χ0) is 11.8. The largest absolute Gasteiger partial charge is 0.497 e. The minimum atomic E-state index is 0.676. The molecule has 0 aromatic heterocycles. The van der Waals surface area contributed by atoms with Crippen molar-refractivity contribution in [2.75, 3.05) is 20.2 Å². The Kier molecular flexibility index (Phi) is 2.83. The number of benzene rings is 1. The summed E-state index contributed by atoms with van der Waals surface area (Å²) in [6, 6.07) is 7.33. The first-order valence-electron chi connectivity index (χ1n) is 6.75. The van der Waals surface area contributed by atoms with Crippen LogP contribution in [0.2, 0.25) is 0 Å². The molecule has 1 fully saturated rings. The first-order chi connectivity index (χ1) is 8.33. The Morgan fingerprint density at radius 1 is 1.35 bits per heavy atom. The number of fused-ring (bicyclic) bond motifs is 5. The van der Waals surface area contributed by atoms with Gasteiger partial charge in [-0.1, -0.05) is 13.0 Å². The molecule has 17 heavy (non-hydrogen) atoms. The van der Waals surface area contributed by atoms with Crippen LogP contribution in [-0.2, 0) is 0 Å². The van der Waals surface area contributed by atoms with Gasteiger partial charge in [-0.05, 0) is 61.5 Å². The number of rotatable bonds is 3. The Balaban J connectivity index is 1.94. The topological polar surface area (TPSA) is 12.5 Å². The summed E-state index contributed by atoms with van der Waals surface area (Å²) in [5, 5.41) is 0. The molecule has 0 radical (unpaired) electrons. The number of piperidine rings is 1. The molecule has 2 nitrogen and oxygen atoms in total. The maximum Gasteiger partial charge on any atom is 0.119 e. The molecule has 0 N–H and O–H groups in total. The number of ether oxygens (including phenoxy) is 1. The van der Waals surface area contributed by atoms with E-state index in [2.05, 4.69) is 30.0 Å². The van der Waals surface area contributed by atoms with Crippen LogP contribution in [0.1, 0.15) is 49.3 Å². The van der Waals surface area contributed by atoms with E-state index in [-0.39, 0.29) is 0 Å². The molecule has 1 heterocycles. The fourth-order valence-corrected chi connectivity index (χ4v) is 3.51. The van der Waals surface area contributed by atoms with E-state index in [1.165, 1.54) is 32.4 Å². The van der Waals surface area contributed by atoms with Crippen molar-refractivity contribution in [2.45, 2.75) is 38.1 Å². The predicted molar refractivity (Wildman–Crippen MR) is 69.6 cm³/mol. The molecule has 2 bridgehead atoms. The first kappa shape index (κ1) is 11.1. The van der Waals surface area contributed by atoms with Crippen LogP contribution in [0.4, 0.5) is 0 Å². The Labute approximate surface area is 104 Å². The van der Waals surface area contributed by atoms with Crippen molar-refractivity contribution in [2.24, 2.45) is 0 Å². The highest BCUT2D eigenvalue weighted by molar-refractivity contribution is 5.44. The summed E-state index contributed by atoms with van der Waals surface area (Å²) in [7, 11) is 1.76. The van der Waals surface area contributed by atoms with Gasteiger partial charge < -0.3 is 4.74 Å². The van der Waals surface area contributed by atoms with E-state index in [0.717, 1.165) is 11.7 Å². The summed E-state index contributed by atoms with van der Waals surface area (Å²) in [6.45, 7) is 4.78. The monoisotopic (exact) mass is 231 g/mol. The van der Waals surface area contributed by atoms with E-state index in [1.807, 2.05) is 0 Å². The number of hydrogen-bond donors (Lipinski definition) is 0. The third-order valence-corrected chi connectivity index (χ3v) is 4.32. The maximum atomic E-state index is 5.35. The van der Waals surface area contributed by atoms with Crippen LogP contribution in [0, 0.1) is 0 Å². The van der Waals surface area contributed by atoms with Crippen LogP contribution in [0.25, 0.3) is 0 Å². The molecule has 1 aromatic carbocycles. The minimum absolute atomic E-state index is 0.676. The van der Waals surface area contributed by atoms with Crippen molar-refractivity contribution in [3.63, 3.8) is 0 Å². The van der Waals surface area contributed by atoms with Crippen molar-refractivity contribution in [1.29, 1.82) is 0 Å². The maximum absolute atomic E-state index is 5.35. The second-order valence-corrected chi connectivity index (χ2v) is 5.27. The molecule has 2 heteroatoms. The lowest BCUT2D eigenvalue weighted by Crippen LogP contribution is -2.32. The zero-order valence-electron chi connectivity index (χ0n) is 10.8. The van der Waals surface area contributed by atoms with Crippen LogP contribution in [-0.4, -0.2) is 25.1 Å². The number of nitrogens with zero attached hydrogens (tertiary/aromatic N) is 1. The van der Waals surface area contributed by atoms with E-state index in [9.17, 15) is 0 Å². The van der Waals surface area contributed by atoms with E-state index in [1.54, 1.807) is 18.2 Å². The molecule has 0 amide bonds. The average Bonchev–Trinajstić information content (AvgIpc) is 2.67. The fourth-order valence-electron chi connectivity index (χ4n) is 3.51. The molecular formula is C15H21NO. The van der Waals surface area contributed by atoms with Crippen molar-refractivity contribution in [3.8, 4) is 5.75 Å². The number of likely N-dealkylation sites (tertiary alicyclic amines) is 1. The highest BCUT2D eigenvalue weighted by Gasteiger charge is 2.38. The third-order valence-electron chi connectivity index (χ3n) is 4.32. The van der Waals surface area contributed by atoms with Crippen molar-refractivity contribution < 1.29 is 4.74 Å². The van der Waals surface area contributed by atoms with Crippen molar-refractivity contribution in [3.05, 3.63) is 29.3 Å². The number of hydrogen-bond acceptors (Lipinski definition) is 2. The number of methoxy groups -OCH3 is 1. The van der Waals surface area contributed by atoms with E-state index < -0.39 is 0 Å². The molecule has 1 saturated heterocycles. The average molecular weight is 231 g/mol. The zero-order valence-corrected chi connectivity index (χ0v) is 10.8. The summed E-state index contributed by atoms with van der Waals surface area (Å²) in [6.07, 6.45) is 3.89. The van der Waals surface area contributed by atoms with Gasteiger partial charge in [-0.2, -0.15) is 0 Å². The lowest BCUT2D eigenvalue weighted by atomic mass is 9.95. The lowest BCUT2D eigenvalue weighted by Gasteiger charge is -2.33. The molecule has 0 saturated carbocycles. The highest BCUT2D eigenvalue weighted by atomic mass is 16.5. The minimum Gasteiger partial charge on any atom is -0.497 e. The summed E-state index contributed by atoms with van der Waals surface area (Å²) >= 11 is 0. The van der Waals surface area contributed by atoms with Crippen LogP contribution >= 0.6 is 0 Å². The van der Waals surface area contributed by atoms with Gasteiger partial charge >= 0.3 is 0 Å². The fraction of sp³-hybridized carbons (Fsp3) is 0.600. The van der Waals surface area contributed by atoms with Crippen LogP contribution in [0.5, 0.6) is 5.75 Å². The molecule has 2 unspecified atom stereocenters. The normalized spacial score (nSPS) is 26.9. The standard InChI is InChI=1S/C15H21NO/c1-3-7-16-8-6-11-9-15(16)13-5-4-12(17-2)10-14(11)13/h4-5,10-11,15H,3,6-9H2,1-2H3. The lowest BCUT2D eigenvalue weighted by molar-refractivity contribution is 0.153. The molecule has 2 atom stereocenters. The van der Waals surface area contributed by atoms with Gasteiger partial charge in [0.15, 0.2) is 0 Å². The summed E-state index contributed by atoms with van der Waals surface area (Å²) in [5.41, 5.74) is 3.11. The third kappa shape index (κ3) is 1.75.